The van der Waals surface area contributed by atoms with Gasteiger partial charge in [-0.1, -0.05) is 76.8 Å². The lowest BCUT2D eigenvalue weighted by Gasteiger charge is -2.07. The summed E-state index contributed by atoms with van der Waals surface area (Å²) in [4.78, 5) is 0. The van der Waals surface area contributed by atoms with Crippen molar-refractivity contribution in [3.05, 3.63) is 29.8 Å². The first-order chi connectivity index (χ1) is 11.4. The fraction of sp³-hybridized carbons (Fsp3) is 0.714. The molecule has 0 radical (unpaired) electrons. The zero-order chi connectivity index (χ0) is 16.6. The second-order valence-corrected chi connectivity index (χ2v) is 6.50. The summed E-state index contributed by atoms with van der Waals surface area (Å²) in [5.41, 5.74) is 1.27. The van der Waals surface area contributed by atoms with Crippen LogP contribution in [0.5, 0.6) is 5.75 Å². The summed E-state index contributed by atoms with van der Waals surface area (Å²) in [6.45, 7) is 3.36. The summed E-state index contributed by atoms with van der Waals surface area (Å²) in [5.74, 6) is 0.966. The van der Waals surface area contributed by atoms with Gasteiger partial charge in [-0.3, -0.25) is 0 Å². The van der Waals surface area contributed by atoms with Crippen molar-refractivity contribution >= 4 is 0 Å². The Hall–Kier alpha value is -1.02. The number of aliphatic hydroxyl groups excluding tert-OH is 1. The van der Waals surface area contributed by atoms with Gasteiger partial charge in [-0.25, -0.2) is 0 Å². The Labute approximate surface area is 143 Å². The lowest BCUT2D eigenvalue weighted by molar-refractivity contribution is 0.288. The molecule has 0 heterocycles. The van der Waals surface area contributed by atoms with Crippen LogP contribution < -0.4 is 4.74 Å². The molecule has 0 aromatic heterocycles. The number of unbranched alkanes of at least 4 members (excludes halogenated alkanes) is 9. The van der Waals surface area contributed by atoms with Crippen LogP contribution in [0.2, 0.25) is 0 Å². The monoisotopic (exact) mass is 320 g/mol. The highest BCUT2D eigenvalue weighted by Gasteiger charge is 1.97. The standard InChI is InChI=1S/C21H36O2/c1-2-3-4-5-6-7-8-9-10-11-19-23-21-16-14-20(15-17-21)13-12-18-22/h14-17,22H,2-13,18-19H2,1H3. The molecular weight excluding hydrogens is 284 g/mol. The van der Waals surface area contributed by atoms with Gasteiger partial charge in [-0.05, 0) is 37.0 Å². The molecule has 132 valence electrons. The molecule has 0 aliphatic rings. The van der Waals surface area contributed by atoms with E-state index in [1.54, 1.807) is 0 Å². The molecule has 0 aliphatic heterocycles. The zero-order valence-electron chi connectivity index (χ0n) is 15.1. The van der Waals surface area contributed by atoms with Crippen LogP contribution in [0, 0.1) is 0 Å². The predicted octanol–water partition coefficient (Wildman–Crippen LogP) is 5.91. The highest BCUT2D eigenvalue weighted by atomic mass is 16.5. The van der Waals surface area contributed by atoms with Crippen molar-refractivity contribution in [2.24, 2.45) is 0 Å². The molecule has 1 aromatic rings. The van der Waals surface area contributed by atoms with E-state index in [1.165, 1.54) is 63.4 Å². The van der Waals surface area contributed by atoms with Crippen molar-refractivity contribution in [3.8, 4) is 5.75 Å². The van der Waals surface area contributed by atoms with Crippen LogP contribution in [0.4, 0.5) is 0 Å². The summed E-state index contributed by atoms with van der Waals surface area (Å²) in [7, 11) is 0. The lowest BCUT2D eigenvalue weighted by atomic mass is 10.1. The fourth-order valence-corrected chi connectivity index (χ4v) is 2.82. The third-order valence-corrected chi connectivity index (χ3v) is 4.31. The maximum absolute atomic E-state index is 8.83. The van der Waals surface area contributed by atoms with Crippen LogP contribution in [0.15, 0.2) is 24.3 Å². The van der Waals surface area contributed by atoms with Gasteiger partial charge in [0.2, 0.25) is 0 Å². The van der Waals surface area contributed by atoms with Gasteiger partial charge < -0.3 is 9.84 Å². The average Bonchev–Trinajstić information content (AvgIpc) is 2.59. The van der Waals surface area contributed by atoms with E-state index in [1.807, 2.05) is 12.1 Å². The van der Waals surface area contributed by atoms with E-state index in [2.05, 4.69) is 19.1 Å². The van der Waals surface area contributed by atoms with Gasteiger partial charge in [0.05, 0.1) is 6.61 Å². The molecule has 0 bridgehead atoms. The molecule has 0 aliphatic carbocycles. The van der Waals surface area contributed by atoms with E-state index in [0.29, 0.717) is 0 Å². The van der Waals surface area contributed by atoms with E-state index in [4.69, 9.17) is 9.84 Å². The van der Waals surface area contributed by atoms with Crippen molar-refractivity contribution < 1.29 is 9.84 Å². The van der Waals surface area contributed by atoms with Crippen molar-refractivity contribution in [2.45, 2.75) is 84.0 Å². The van der Waals surface area contributed by atoms with Crippen molar-refractivity contribution in [2.75, 3.05) is 13.2 Å². The number of ether oxygens (including phenoxy) is 1. The molecule has 0 saturated carbocycles. The van der Waals surface area contributed by atoms with E-state index < -0.39 is 0 Å². The normalized spacial score (nSPS) is 10.9. The highest BCUT2D eigenvalue weighted by molar-refractivity contribution is 5.27. The summed E-state index contributed by atoms with van der Waals surface area (Å²) < 4.78 is 5.79. The largest absolute Gasteiger partial charge is 0.494 e. The topological polar surface area (TPSA) is 29.5 Å². The molecule has 23 heavy (non-hydrogen) atoms. The van der Waals surface area contributed by atoms with Gasteiger partial charge in [0.25, 0.3) is 0 Å². The molecule has 0 amide bonds. The Morgan fingerprint density at radius 3 is 1.87 bits per heavy atom. The second kappa shape index (κ2) is 14.6. The van der Waals surface area contributed by atoms with Crippen LogP contribution in [-0.2, 0) is 6.42 Å². The molecule has 0 unspecified atom stereocenters. The summed E-state index contributed by atoms with van der Waals surface area (Å²) in [6, 6.07) is 8.29. The first-order valence-corrected chi connectivity index (χ1v) is 9.69. The SMILES string of the molecule is CCCCCCCCCCCCOc1ccc(CCCO)cc1. The number of aryl methyl sites for hydroxylation is 1. The molecule has 1 N–H and O–H groups in total. The smallest absolute Gasteiger partial charge is 0.119 e. The fourth-order valence-electron chi connectivity index (χ4n) is 2.82. The lowest BCUT2D eigenvalue weighted by Crippen LogP contribution is -1.97. The second-order valence-electron chi connectivity index (χ2n) is 6.50. The van der Waals surface area contributed by atoms with Crippen LogP contribution in [0.25, 0.3) is 0 Å². The molecule has 2 heteroatoms. The Bertz CT molecular complexity index is 359. The van der Waals surface area contributed by atoms with Crippen LogP contribution >= 0.6 is 0 Å². The van der Waals surface area contributed by atoms with E-state index in [9.17, 15) is 0 Å². The Balaban J connectivity index is 1.92. The van der Waals surface area contributed by atoms with Crippen LogP contribution in [0.1, 0.15) is 83.1 Å². The maximum Gasteiger partial charge on any atom is 0.119 e. The Morgan fingerprint density at radius 2 is 1.30 bits per heavy atom. The van der Waals surface area contributed by atoms with Gasteiger partial charge in [-0.15, -0.1) is 0 Å². The van der Waals surface area contributed by atoms with Gasteiger partial charge in [0.1, 0.15) is 5.75 Å². The molecule has 0 atom stereocenters. The van der Waals surface area contributed by atoms with E-state index >= 15 is 0 Å². The summed E-state index contributed by atoms with van der Waals surface area (Å²) in [6.07, 6.45) is 15.3. The van der Waals surface area contributed by atoms with Crippen LogP contribution in [0.3, 0.4) is 0 Å². The summed E-state index contributed by atoms with van der Waals surface area (Å²) >= 11 is 0. The van der Waals surface area contributed by atoms with Crippen LogP contribution in [-0.4, -0.2) is 18.3 Å². The number of aliphatic hydroxyl groups is 1. The van der Waals surface area contributed by atoms with Gasteiger partial charge in [0, 0.05) is 6.61 Å². The third kappa shape index (κ3) is 11.2. The molecule has 0 saturated heterocycles. The number of rotatable bonds is 15. The Kier molecular flexibility index (Phi) is 12.7. The molecule has 0 fully saturated rings. The number of benzene rings is 1. The van der Waals surface area contributed by atoms with Gasteiger partial charge in [0.15, 0.2) is 0 Å². The van der Waals surface area contributed by atoms with Gasteiger partial charge >= 0.3 is 0 Å². The first kappa shape index (κ1) is 20.0. The quantitative estimate of drug-likeness (QED) is 0.407. The highest BCUT2D eigenvalue weighted by Crippen LogP contribution is 2.15. The summed E-state index contributed by atoms with van der Waals surface area (Å²) in [5, 5.41) is 8.83. The Morgan fingerprint density at radius 1 is 0.739 bits per heavy atom. The van der Waals surface area contributed by atoms with Gasteiger partial charge in [-0.2, -0.15) is 0 Å². The van der Waals surface area contributed by atoms with Crippen molar-refractivity contribution in [3.63, 3.8) is 0 Å². The number of hydrogen-bond donors (Lipinski definition) is 1. The van der Waals surface area contributed by atoms with Crippen molar-refractivity contribution in [1.82, 2.24) is 0 Å². The number of hydrogen-bond acceptors (Lipinski definition) is 2. The third-order valence-electron chi connectivity index (χ3n) is 4.31. The molecule has 1 aromatic carbocycles. The van der Waals surface area contributed by atoms with Crippen molar-refractivity contribution in [1.29, 1.82) is 0 Å². The predicted molar refractivity (Wildman–Crippen MR) is 99.2 cm³/mol. The first-order valence-electron chi connectivity index (χ1n) is 9.69. The van der Waals surface area contributed by atoms with E-state index in [-0.39, 0.29) is 6.61 Å². The maximum atomic E-state index is 8.83. The minimum Gasteiger partial charge on any atom is -0.494 e. The molecule has 1 rings (SSSR count). The zero-order valence-corrected chi connectivity index (χ0v) is 15.1. The van der Waals surface area contributed by atoms with E-state index in [0.717, 1.165) is 31.6 Å². The molecule has 2 nitrogen and oxygen atoms in total. The average molecular weight is 321 g/mol. The minimum absolute atomic E-state index is 0.261. The molecular formula is C21H36O2. The minimum atomic E-state index is 0.261. The molecule has 0 spiro atoms.